The van der Waals surface area contributed by atoms with Crippen LogP contribution in [0.1, 0.15) is 12.5 Å². The van der Waals surface area contributed by atoms with Crippen LogP contribution in [0, 0.1) is 0 Å². The lowest BCUT2D eigenvalue weighted by atomic mass is 10.2. The van der Waals surface area contributed by atoms with Crippen molar-refractivity contribution in [1.29, 1.82) is 0 Å². The number of guanidine groups is 1. The fourth-order valence-electron chi connectivity index (χ4n) is 2.57. The molecule has 0 amide bonds. The second kappa shape index (κ2) is 10.1. The number of aliphatic imine (C=N–C) groups is 1. The summed E-state index contributed by atoms with van der Waals surface area (Å²) < 4.78 is 21.3. The molecule has 2 aromatic rings. The van der Waals surface area contributed by atoms with Gasteiger partial charge in [0.15, 0.2) is 29.0 Å². The van der Waals surface area contributed by atoms with Crippen molar-refractivity contribution in [3.8, 4) is 23.0 Å². The average Bonchev–Trinajstić information content (AvgIpc) is 3.14. The highest BCUT2D eigenvalue weighted by molar-refractivity contribution is 14.0. The Kier molecular flexibility index (Phi) is 7.83. The van der Waals surface area contributed by atoms with Crippen molar-refractivity contribution in [1.82, 2.24) is 5.32 Å². The maximum Gasteiger partial charge on any atom is 0.231 e. The summed E-state index contributed by atoms with van der Waals surface area (Å²) in [6, 6.07) is 11.5. The van der Waals surface area contributed by atoms with E-state index in [0.717, 1.165) is 29.3 Å². The van der Waals surface area contributed by atoms with Gasteiger partial charge in [0.1, 0.15) is 0 Å². The van der Waals surface area contributed by atoms with E-state index in [9.17, 15) is 0 Å². The molecule has 3 rings (SSSR count). The van der Waals surface area contributed by atoms with Gasteiger partial charge in [0.25, 0.3) is 0 Å². The molecule has 0 spiro atoms. The molecule has 7 nitrogen and oxygen atoms in total. The van der Waals surface area contributed by atoms with Crippen LogP contribution in [0.15, 0.2) is 41.4 Å². The summed E-state index contributed by atoms with van der Waals surface area (Å²) in [4.78, 5) is 4.63. The van der Waals surface area contributed by atoms with E-state index in [4.69, 9.17) is 18.9 Å². The zero-order valence-corrected chi connectivity index (χ0v) is 17.9. The molecule has 0 unspecified atom stereocenters. The largest absolute Gasteiger partial charge is 0.493 e. The Morgan fingerprint density at radius 3 is 2.56 bits per heavy atom. The van der Waals surface area contributed by atoms with Gasteiger partial charge in [-0.15, -0.1) is 24.0 Å². The van der Waals surface area contributed by atoms with Gasteiger partial charge in [0, 0.05) is 18.3 Å². The van der Waals surface area contributed by atoms with Crippen LogP contribution >= 0.6 is 24.0 Å². The number of methoxy groups -OCH3 is 2. The predicted molar refractivity (Wildman–Crippen MR) is 116 cm³/mol. The summed E-state index contributed by atoms with van der Waals surface area (Å²) in [5.41, 5.74) is 1.90. The first-order valence-electron chi connectivity index (χ1n) is 8.39. The molecule has 0 saturated carbocycles. The monoisotopic (exact) mass is 485 g/mol. The zero-order valence-electron chi connectivity index (χ0n) is 15.6. The van der Waals surface area contributed by atoms with Gasteiger partial charge in [-0.2, -0.15) is 0 Å². The Bertz CT molecular complexity index is 799. The predicted octanol–water partition coefficient (Wildman–Crippen LogP) is 3.63. The third-order valence-electron chi connectivity index (χ3n) is 3.85. The van der Waals surface area contributed by atoms with E-state index in [2.05, 4.69) is 15.6 Å². The molecule has 0 radical (unpaired) electrons. The van der Waals surface area contributed by atoms with Gasteiger partial charge in [-0.3, -0.25) is 0 Å². The van der Waals surface area contributed by atoms with Crippen LogP contribution in [0.5, 0.6) is 23.0 Å². The molecule has 2 aromatic carbocycles. The topological polar surface area (TPSA) is 73.3 Å². The molecule has 27 heavy (non-hydrogen) atoms. The third kappa shape index (κ3) is 5.31. The van der Waals surface area contributed by atoms with Crippen LogP contribution in [0.4, 0.5) is 5.69 Å². The van der Waals surface area contributed by atoms with E-state index in [-0.39, 0.29) is 30.8 Å². The van der Waals surface area contributed by atoms with E-state index in [1.165, 1.54) is 0 Å². The Balaban J connectivity index is 0.00000261. The molecule has 146 valence electrons. The molecule has 2 N–H and O–H groups in total. The summed E-state index contributed by atoms with van der Waals surface area (Å²) in [5.74, 6) is 3.55. The summed E-state index contributed by atoms with van der Waals surface area (Å²) in [6.07, 6.45) is 0. The molecule has 1 aliphatic heterocycles. The van der Waals surface area contributed by atoms with Crippen molar-refractivity contribution in [3.05, 3.63) is 42.0 Å². The van der Waals surface area contributed by atoms with Crippen LogP contribution in [0.25, 0.3) is 0 Å². The quantitative estimate of drug-likeness (QED) is 0.370. The fourth-order valence-corrected chi connectivity index (χ4v) is 2.57. The molecule has 0 saturated heterocycles. The van der Waals surface area contributed by atoms with Crippen LogP contribution in [-0.2, 0) is 6.54 Å². The number of ether oxygens (including phenoxy) is 4. The molecule has 0 aromatic heterocycles. The summed E-state index contributed by atoms with van der Waals surface area (Å²) >= 11 is 0. The smallest absolute Gasteiger partial charge is 0.231 e. The highest BCUT2D eigenvalue weighted by Crippen LogP contribution is 2.33. The maximum absolute atomic E-state index is 5.41. The van der Waals surface area contributed by atoms with Gasteiger partial charge in [-0.1, -0.05) is 6.07 Å². The second-order valence-corrected chi connectivity index (χ2v) is 5.58. The van der Waals surface area contributed by atoms with Crippen LogP contribution < -0.4 is 29.6 Å². The number of hydrogen-bond donors (Lipinski definition) is 2. The molecular formula is C19H24IN3O4. The number of nitrogens with one attached hydrogen (secondary N) is 2. The zero-order chi connectivity index (χ0) is 18.4. The lowest BCUT2D eigenvalue weighted by Gasteiger charge is -2.14. The number of anilines is 1. The van der Waals surface area contributed by atoms with Crippen molar-refractivity contribution in [2.24, 2.45) is 4.99 Å². The number of nitrogens with zero attached hydrogens (tertiary/aromatic N) is 1. The SMILES string of the molecule is CCNC(=NCc1ccc2c(c1)OCO2)Nc1ccc(OC)c(OC)c1.I. The number of hydrogen-bond acceptors (Lipinski definition) is 5. The lowest BCUT2D eigenvalue weighted by Crippen LogP contribution is -2.30. The van der Waals surface area contributed by atoms with E-state index in [1.807, 2.05) is 43.3 Å². The summed E-state index contributed by atoms with van der Waals surface area (Å²) in [5, 5.41) is 6.51. The number of fused-ring (bicyclic) bond motifs is 1. The van der Waals surface area contributed by atoms with Crippen molar-refractivity contribution in [2.75, 3.05) is 32.9 Å². The highest BCUT2D eigenvalue weighted by atomic mass is 127. The second-order valence-electron chi connectivity index (χ2n) is 5.58. The standard InChI is InChI=1S/C19H23N3O4.HI/c1-4-20-19(22-14-6-8-15(23-2)17(10-14)24-3)21-11-13-5-7-16-18(9-13)26-12-25-16;/h5-10H,4,11-12H2,1-3H3,(H2,20,21,22);1H. The third-order valence-corrected chi connectivity index (χ3v) is 3.85. The Labute approximate surface area is 176 Å². The van der Waals surface area contributed by atoms with E-state index in [0.29, 0.717) is 24.0 Å². The van der Waals surface area contributed by atoms with Gasteiger partial charge < -0.3 is 29.6 Å². The first-order valence-corrected chi connectivity index (χ1v) is 8.39. The Morgan fingerprint density at radius 2 is 1.81 bits per heavy atom. The molecule has 0 atom stereocenters. The summed E-state index contributed by atoms with van der Waals surface area (Å²) in [6.45, 7) is 3.55. The first kappa shape index (κ1) is 20.9. The van der Waals surface area contributed by atoms with Gasteiger partial charge in [-0.25, -0.2) is 4.99 Å². The molecule has 1 aliphatic rings. The normalized spacial score (nSPS) is 12.2. The first-order chi connectivity index (χ1) is 12.7. The number of benzene rings is 2. The Hall–Kier alpha value is -2.36. The Morgan fingerprint density at radius 1 is 1.04 bits per heavy atom. The lowest BCUT2D eigenvalue weighted by molar-refractivity contribution is 0.174. The molecular weight excluding hydrogens is 461 g/mol. The van der Waals surface area contributed by atoms with Crippen LogP contribution in [0.2, 0.25) is 0 Å². The van der Waals surface area contributed by atoms with E-state index in [1.54, 1.807) is 14.2 Å². The van der Waals surface area contributed by atoms with Crippen molar-refractivity contribution < 1.29 is 18.9 Å². The van der Waals surface area contributed by atoms with Crippen molar-refractivity contribution in [2.45, 2.75) is 13.5 Å². The van der Waals surface area contributed by atoms with Gasteiger partial charge >= 0.3 is 0 Å². The minimum atomic E-state index is 0. The molecule has 0 bridgehead atoms. The molecule has 8 heteroatoms. The van der Waals surface area contributed by atoms with E-state index < -0.39 is 0 Å². The van der Waals surface area contributed by atoms with Crippen LogP contribution in [0.3, 0.4) is 0 Å². The molecule has 1 heterocycles. The fraction of sp³-hybridized carbons (Fsp3) is 0.316. The number of halogens is 1. The molecule has 0 aliphatic carbocycles. The van der Waals surface area contributed by atoms with Gasteiger partial charge in [-0.05, 0) is 36.8 Å². The molecule has 0 fully saturated rings. The number of rotatable bonds is 6. The highest BCUT2D eigenvalue weighted by Gasteiger charge is 2.13. The summed E-state index contributed by atoms with van der Waals surface area (Å²) in [7, 11) is 3.22. The average molecular weight is 485 g/mol. The van der Waals surface area contributed by atoms with Crippen molar-refractivity contribution >= 4 is 35.6 Å². The van der Waals surface area contributed by atoms with Crippen LogP contribution in [-0.4, -0.2) is 33.5 Å². The van der Waals surface area contributed by atoms with Gasteiger partial charge in [0.05, 0.1) is 20.8 Å². The minimum Gasteiger partial charge on any atom is -0.493 e. The van der Waals surface area contributed by atoms with Crippen molar-refractivity contribution in [3.63, 3.8) is 0 Å². The van der Waals surface area contributed by atoms with Gasteiger partial charge in [0.2, 0.25) is 6.79 Å². The van der Waals surface area contributed by atoms with E-state index >= 15 is 0 Å². The maximum atomic E-state index is 5.41. The minimum absolute atomic E-state index is 0.